The fraction of sp³-hybridized carbons (Fsp3) is 0.222. The van der Waals surface area contributed by atoms with E-state index in [1.165, 1.54) is 6.07 Å². The molecule has 0 unspecified atom stereocenters. The normalized spacial score (nSPS) is 10.9. The van der Waals surface area contributed by atoms with Crippen molar-refractivity contribution in [3.05, 3.63) is 53.8 Å². The molecule has 0 aliphatic heterocycles. The Morgan fingerprint density at radius 2 is 1.89 bits per heavy atom. The molecule has 144 valence electrons. The second kappa shape index (κ2) is 8.88. The number of aromatic nitrogens is 3. The van der Waals surface area contributed by atoms with E-state index in [1.54, 1.807) is 0 Å². The van der Waals surface area contributed by atoms with Gasteiger partial charge in [0, 0.05) is 17.7 Å². The summed E-state index contributed by atoms with van der Waals surface area (Å²) in [6, 6.07) is 11.4. The number of benzene rings is 2. The minimum Gasteiger partial charge on any atom is -0.432 e. The standard InChI is InChI=1S/C18H17F3N4O.ClH/c1-25(2)10-11-4-3-5-12(8-11)16-22-17(24-23-16)13-6-7-15(14(19)9-13)26-18(20)21;/h3-9,18H,10H2,1-2H3,(H,22,23,24);1H. The van der Waals surface area contributed by atoms with Crippen LogP contribution in [0.5, 0.6) is 5.75 Å². The first-order valence-corrected chi connectivity index (χ1v) is 7.83. The molecule has 1 aromatic heterocycles. The van der Waals surface area contributed by atoms with Gasteiger partial charge in [0.25, 0.3) is 0 Å². The van der Waals surface area contributed by atoms with Crippen LogP contribution in [0.1, 0.15) is 5.56 Å². The van der Waals surface area contributed by atoms with Gasteiger partial charge in [0.2, 0.25) is 0 Å². The monoisotopic (exact) mass is 398 g/mol. The molecule has 0 amide bonds. The van der Waals surface area contributed by atoms with Crippen molar-refractivity contribution < 1.29 is 17.9 Å². The van der Waals surface area contributed by atoms with Crippen molar-refractivity contribution in [2.75, 3.05) is 14.1 Å². The molecule has 2 aromatic carbocycles. The van der Waals surface area contributed by atoms with E-state index in [4.69, 9.17) is 0 Å². The SMILES string of the molecule is CN(C)Cc1cccc(-c2n[nH]c(-c3ccc(OC(F)F)c(F)c3)n2)c1.Cl. The molecule has 0 spiro atoms. The number of ether oxygens (including phenoxy) is 1. The topological polar surface area (TPSA) is 54.0 Å². The number of aromatic amines is 1. The van der Waals surface area contributed by atoms with Gasteiger partial charge in [0.15, 0.2) is 23.2 Å². The molecule has 0 radical (unpaired) electrons. The lowest BCUT2D eigenvalue weighted by molar-refractivity contribution is -0.0521. The number of alkyl halides is 2. The fourth-order valence-corrected chi connectivity index (χ4v) is 2.53. The van der Waals surface area contributed by atoms with E-state index in [0.29, 0.717) is 17.2 Å². The van der Waals surface area contributed by atoms with Crippen molar-refractivity contribution in [1.29, 1.82) is 0 Å². The zero-order valence-corrected chi connectivity index (χ0v) is 15.4. The maximum atomic E-state index is 13.9. The molecule has 3 aromatic rings. The van der Waals surface area contributed by atoms with Crippen LogP contribution in [-0.2, 0) is 6.54 Å². The fourth-order valence-electron chi connectivity index (χ4n) is 2.53. The van der Waals surface area contributed by atoms with E-state index in [9.17, 15) is 13.2 Å². The Morgan fingerprint density at radius 3 is 2.56 bits per heavy atom. The molecule has 9 heteroatoms. The van der Waals surface area contributed by atoms with Crippen molar-refractivity contribution in [2.24, 2.45) is 0 Å². The number of nitrogens with one attached hydrogen (secondary N) is 1. The van der Waals surface area contributed by atoms with Crippen molar-refractivity contribution in [3.63, 3.8) is 0 Å². The summed E-state index contributed by atoms with van der Waals surface area (Å²) in [5.41, 5.74) is 2.32. The van der Waals surface area contributed by atoms with Crippen LogP contribution in [0, 0.1) is 5.82 Å². The molecule has 0 aliphatic rings. The highest BCUT2D eigenvalue weighted by Gasteiger charge is 2.14. The molecule has 0 atom stereocenters. The molecule has 0 saturated carbocycles. The summed E-state index contributed by atoms with van der Waals surface area (Å²) in [6.45, 7) is -2.30. The lowest BCUT2D eigenvalue weighted by Crippen LogP contribution is -2.10. The molecule has 3 rings (SSSR count). The van der Waals surface area contributed by atoms with E-state index in [0.717, 1.165) is 29.8 Å². The third-order valence-electron chi connectivity index (χ3n) is 3.59. The minimum absolute atomic E-state index is 0. The van der Waals surface area contributed by atoms with Gasteiger partial charge >= 0.3 is 6.61 Å². The van der Waals surface area contributed by atoms with Crippen LogP contribution in [-0.4, -0.2) is 40.8 Å². The van der Waals surface area contributed by atoms with Crippen LogP contribution in [0.15, 0.2) is 42.5 Å². The van der Waals surface area contributed by atoms with Crippen LogP contribution in [0.25, 0.3) is 22.8 Å². The molecular weight excluding hydrogens is 381 g/mol. The van der Waals surface area contributed by atoms with E-state index < -0.39 is 18.2 Å². The molecule has 5 nitrogen and oxygen atoms in total. The molecule has 0 fully saturated rings. The van der Waals surface area contributed by atoms with Gasteiger partial charge in [0.05, 0.1) is 0 Å². The summed E-state index contributed by atoms with van der Waals surface area (Å²) in [4.78, 5) is 6.42. The first-order chi connectivity index (χ1) is 12.4. The first-order valence-electron chi connectivity index (χ1n) is 7.83. The number of hydrogen-bond donors (Lipinski definition) is 1. The predicted molar refractivity (Wildman–Crippen MR) is 98.5 cm³/mol. The van der Waals surface area contributed by atoms with E-state index >= 15 is 0 Å². The summed E-state index contributed by atoms with van der Waals surface area (Å²) in [7, 11) is 3.96. The maximum absolute atomic E-state index is 13.9. The van der Waals surface area contributed by atoms with Crippen LogP contribution in [0.4, 0.5) is 13.2 Å². The lowest BCUT2D eigenvalue weighted by atomic mass is 10.1. The molecule has 0 bridgehead atoms. The van der Waals surface area contributed by atoms with Gasteiger partial charge in [-0.05, 0) is 43.9 Å². The summed E-state index contributed by atoms with van der Waals surface area (Å²) in [6.07, 6.45) is 0. The first kappa shape index (κ1) is 20.7. The Bertz CT molecular complexity index is 902. The van der Waals surface area contributed by atoms with E-state index in [2.05, 4.69) is 19.9 Å². The number of hydrogen-bond acceptors (Lipinski definition) is 4. The number of H-pyrrole nitrogens is 1. The number of rotatable bonds is 6. The van der Waals surface area contributed by atoms with Crippen molar-refractivity contribution in [1.82, 2.24) is 20.1 Å². The molecule has 27 heavy (non-hydrogen) atoms. The molecule has 0 aliphatic carbocycles. The van der Waals surface area contributed by atoms with Crippen LogP contribution in [0.3, 0.4) is 0 Å². The van der Waals surface area contributed by atoms with Crippen molar-refractivity contribution >= 4 is 12.4 Å². The molecule has 1 N–H and O–H groups in total. The third-order valence-corrected chi connectivity index (χ3v) is 3.59. The quantitative estimate of drug-likeness (QED) is 0.670. The van der Waals surface area contributed by atoms with E-state index in [1.807, 2.05) is 43.3 Å². The molecule has 0 saturated heterocycles. The van der Waals surface area contributed by atoms with Gasteiger partial charge in [-0.2, -0.15) is 13.9 Å². The van der Waals surface area contributed by atoms with Gasteiger partial charge < -0.3 is 9.64 Å². The van der Waals surface area contributed by atoms with Crippen LogP contribution in [0.2, 0.25) is 0 Å². The van der Waals surface area contributed by atoms with Gasteiger partial charge in [-0.3, -0.25) is 5.10 Å². The Balaban J connectivity index is 0.00000261. The second-order valence-electron chi connectivity index (χ2n) is 5.97. The Kier molecular flexibility index (Phi) is 6.81. The third kappa shape index (κ3) is 5.21. The highest BCUT2D eigenvalue weighted by atomic mass is 35.5. The average Bonchev–Trinajstić information content (AvgIpc) is 3.06. The average molecular weight is 399 g/mol. The number of halogens is 4. The maximum Gasteiger partial charge on any atom is 0.387 e. The van der Waals surface area contributed by atoms with Gasteiger partial charge in [-0.25, -0.2) is 9.37 Å². The van der Waals surface area contributed by atoms with Crippen molar-refractivity contribution in [3.8, 4) is 28.5 Å². The highest BCUT2D eigenvalue weighted by molar-refractivity contribution is 5.85. The largest absolute Gasteiger partial charge is 0.432 e. The van der Waals surface area contributed by atoms with Crippen molar-refractivity contribution in [2.45, 2.75) is 13.2 Å². The highest BCUT2D eigenvalue weighted by Crippen LogP contribution is 2.26. The molecular formula is C18H18ClF3N4O. The summed E-state index contributed by atoms with van der Waals surface area (Å²) >= 11 is 0. The predicted octanol–water partition coefficient (Wildman–Crippen LogP) is 4.36. The lowest BCUT2D eigenvalue weighted by Gasteiger charge is -2.09. The minimum atomic E-state index is -3.08. The number of nitrogens with zero attached hydrogens (tertiary/aromatic N) is 3. The summed E-state index contributed by atoms with van der Waals surface area (Å²) < 4.78 is 42.4. The van der Waals surface area contributed by atoms with Crippen LogP contribution >= 0.6 is 12.4 Å². The zero-order chi connectivity index (χ0) is 18.7. The van der Waals surface area contributed by atoms with E-state index in [-0.39, 0.29) is 12.4 Å². The summed E-state index contributed by atoms with van der Waals surface area (Å²) in [5, 5.41) is 6.90. The Morgan fingerprint density at radius 1 is 1.11 bits per heavy atom. The zero-order valence-electron chi connectivity index (χ0n) is 14.6. The second-order valence-corrected chi connectivity index (χ2v) is 5.97. The van der Waals surface area contributed by atoms with Crippen LogP contribution < -0.4 is 4.74 Å². The molecule has 1 heterocycles. The smallest absolute Gasteiger partial charge is 0.387 e. The van der Waals surface area contributed by atoms with Gasteiger partial charge in [-0.1, -0.05) is 18.2 Å². The van der Waals surface area contributed by atoms with Gasteiger partial charge in [0.1, 0.15) is 0 Å². The Hall–Kier alpha value is -2.58. The van der Waals surface area contributed by atoms with Gasteiger partial charge in [-0.15, -0.1) is 12.4 Å². The summed E-state index contributed by atoms with van der Waals surface area (Å²) in [5.74, 6) is -0.608. The Labute approximate surface area is 160 Å².